The molecule has 2 heterocycles. The van der Waals surface area contributed by atoms with Gasteiger partial charge in [0, 0.05) is 52.9 Å². The highest BCUT2D eigenvalue weighted by atomic mass is 16.2. The maximum atomic E-state index is 12.3. The highest BCUT2D eigenvalue weighted by Crippen LogP contribution is 2.23. The van der Waals surface area contributed by atoms with Gasteiger partial charge in [-0.1, -0.05) is 100 Å². The Hall–Kier alpha value is -4.94. The zero-order chi connectivity index (χ0) is 31.0. The van der Waals surface area contributed by atoms with Crippen LogP contribution in [0.1, 0.15) is 100 Å². The van der Waals surface area contributed by atoms with Gasteiger partial charge in [-0.15, -0.1) is 0 Å². The minimum Gasteiger partial charge on any atom is -0.311 e. The van der Waals surface area contributed by atoms with Crippen molar-refractivity contribution >= 4 is 34.2 Å². The van der Waals surface area contributed by atoms with Crippen LogP contribution in [-0.2, 0) is 9.59 Å². The van der Waals surface area contributed by atoms with Gasteiger partial charge in [0.1, 0.15) is 11.6 Å². The molecule has 2 aromatic carbocycles. The second-order valence-corrected chi connectivity index (χ2v) is 10.8. The minimum atomic E-state index is -0.0258. The first-order valence-corrected chi connectivity index (χ1v) is 15.6. The molecule has 0 spiro atoms. The molecular formula is C38H40N4O2. The van der Waals surface area contributed by atoms with Crippen LogP contribution in [0.15, 0.2) is 73.1 Å². The van der Waals surface area contributed by atoms with Crippen molar-refractivity contribution in [2.45, 2.75) is 78.1 Å². The number of fused-ring (bicyclic) bond motifs is 1. The largest absolute Gasteiger partial charge is 0.311 e. The van der Waals surface area contributed by atoms with Crippen LogP contribution in [0, 0.1) is 23.7 Å². The van der Waals surface area contributed by atoms with Gasteiger partial charge >= 0.3 is 0 Å². The van der Waals surface area contributed by atoms with Crippen LogP contribution < -0.4 is 10.6 Å². The van der Waals surface area contributed by atoms with Crippen LogP contribution in [-0.4, -0.2) is 21.8 Å². The topological polar surface area (TPSA) is 84.0 Å². The van der Waals surface area contributed by atoms with E-state index >= 15 is 0 Å². The number of hydrogen-bond donors (Lipinski definition) is 2. The van der Waals surface area contributed by atoms with Gasteiger partial charge in [0.2, 0.25) is 11.8 Å². The molecule has 6 nitrogen and oxygen atoms in total. The molecule has 0 radical (unpaired) electrons. The molecule has 2 N–H and O–H groups in total. The van der Waals surface area contributed by atoms with Crippen LogP contribution in [0.4, 0.5) is 11.6 Å². The van der Waals surface area contributed by atoms with Crippen LogP contribution >= 0.6 is 0 Å². The molecule has 6 heteroatoms. The van der Waals surface area contributed by atoms with Crippen LogP contribution in [0.2, 0.25) is 0 Å². The summed E-state index contributed by atoms with van der Waals surface area (Å²) in [6.07, 6.45) is 12.7. The number of hydrogen-bond acceptors (Lipinski definition) is 4. The van der Waals surface area contributed by atoms with E-state index in [0.717, 1.165) is 84.4 Å². The van der Waals surface area contributed by atoms with Crippen molar-refractivity contribution in [1.82, 2.24) is 9.97 Å². The molecule has 4 aromatic rings. The fourth-order valence-electron chi connectivity index (χ4n) is 4.82. The van der Waals surface area contributed by atoms with E-state index in [4.69, 9.17) is 0 Å². The number of nitrogens with one attached hydrogen (secondary N) is 2. The molecule has 0 aliphatic rings. The predicted molar refractivity (Wildman–Crippen MR) is 179 cm³/mol. The van der Waals surface area contributed by atoms with Gasteiger partial charge < -0.3 is 10.6 Å². The smallest absolute Gasteiger partial charge is 0.225 e. The number of carbonyl (C=O) groups excluding carboxylic acids is 2. The highest BCUT2D eigenvalue weighted by molar-refractivity contribution is 5.94. The number of benzene rings is 2. The molecule has 0 bridgehead atoms. The summed E-state index contributed by atoms with van der Waals surface area (Å²) in [5.41, 5.74) is 3.24. The maximum Gasteiger partial charge on any atom is 0.225 e. The van der Waals surface area contributed by atoms with Crippen molar-refractivity contribution in [3.05, 3.63) is 95.3 Å². The Bertz CT molecular complexity index is 1580. The third-order valence-electron chi connectivity index (χ3n) is 7.16. The van der Waals surface area contributed by atoms with Crippen molar-refractivity contribution in [2.75, 3.05) is 10.6 Å². The van der Waals surface area contributed by atoms with Crippen molar-refractivity contribution in [1.29, 1.82) is 0 Å². The third-order valence-corrected chi connectivity index (χ3v) is 7.16. The van der Waals surface area contributed by atoms with E-state index in [1.807, 2.05) is 48.5 Å². The SMILES string of the molecule is CCCCCCC(=O)Nc1cc(C#Cc2cccc3cccc(C#Cc4ccnc(NC(=O)CCCCCC)c4)c23)ccn1. The number of amides is 2. The first-order chi connectivity index (χ1) is 21.6. The van der Waals surface area contributed by atoms with E-state index in [0.29, 0.717) is 24.5 Å². The number of unbranched alkanes of at least 4 members (excludes halogenated alkanes) is 6. The molecule has 0 unspecified atom stereocenters. The van der Waals surface area contributed by atoms with Crippen molar-refractivity contribution in [2.24, 2.45) is 0 Å². The maximum absolute atomic E-state index is 12.3. The third kappa shape index (κ3) is 10.1. The minimum absolute atomic E-state index is 0.0258. The van der Waals surface area contributed by atoms with Gasteiger partial charge in [-0.2, -0.15) is 0 Å². The molecule has 0 atom stereocenters. The Morgan fingerprint density at radius 3 is 1.55 bits per heavy atom. The predicted octanol–water partition coefficient (Wildman–Crippen LogP) is 8.25. The zero-order valence-electron chi connectivity index (χ0n) is 25.7. The molecule has 2 amide bonds. The van der Waals surface area contributed by atoms with Crippen LogP contribution in [0.3, 0.4) is 0 Å². The van der Waals surface area contributed by atoms with Crippen molar-refractivity contribution < 1.29 is 9.59 Å². The number of carbonyl (C=O) groups is 2. The Labute approximate surface area is 261 Å². The lowest BCUT2D eigenvalue weighted by Crippen LogP contribution is -2.12. The second-order valence-electron chi connectivity index (χ2n) is 10.8. The average molecular weight is 585 g/mol. The van der Waals surface area contributed by atoms with Gasteiger partial charge in [0.15, 0.2) is 0 Å². The normalized spacial score (nSPS) is 10.3. The number of nitrogens with zero attached hydrogens (tertiary/aromatic N) is 2. The van der Waals surface area contributed by atoms with E-state index in [1.54, 1.807) is 24.5 Å². The highest BCUT2D eigenvalue weighted by Gasteiger charge is 2.06. The van der Waals surface area contributed by atoms with E-state index in [2.05, 4.69) is 58.1 Å². The number of aromatic nitrogens is 2. The number of pyridine rings is 2. The van der Waals surface area contributed by atoms with Gasteiger partial charge in [0.05, 0.1) is 0 Å². The Kier molecular flexibility index (Phi) is 12.5. The summed E-state index contributed by atoms with van der Waals surface area (Å²) in [5, 5.41) is 7.80. The number of rotatable bonds is 12. The van der Waals surface area contributed by atoms with Crippen LogP contribution in [0.5, 0.6) is 0 Å². The standard InChI is InChI=1S/C38H40N4O2/c1-3-5-7-9-17-36(43)41-34-27-29(23-25-39-34)19-21-32-15-11-13-31-14-12-16-33(38(31)32)22-20-30-24-26-40-35(28-30)42-37(44)18-10-8-6-4-2/h11-16,23-28H,3-10,17-18H2,1-2H3,(H,39,41,43)(H,40,42,44). The molecule has 0 saturated heterocycles. The summed E-state index contributed by atoms with van der Waals surface area (Å²) in [4.78, 5) is 33.2. The second kappa shape index (κ2) is 17.2. The van der Waals surface area contributed by atoms with Gasteiger partial charge in [-0.05, 0) is 54.6 Å². The van der Waals surface area contributed by atoms with Crippen LogP contribution in [0.25, 0.3) is 10.8 Å². The van der Waals surface area contributed by atoms with E-state index in [9.17, 15) is 9.59 Å². The van der Waals surface area contributed by atoms with Gasteiger partial charge in [-0.25, -0.2) is 9.97 Å². The van der Waals surface area contributed by atoms with Crippen molar-refractivity contribution in [3.63, 3.8) is 0 Å². The lowest BCUT2D eigenvalue weighted by Gasteiger charge is -2.05. The lowest BCUT2D eigenvalue weighted by molar-refractivity contribution is -0.117. The van der Waals surface area contributed by atoms with Gasteiger partial charge in [0.25, 0.3) is 0 Å². The Balaban J connectivity index is 1.50. The summed E-state index contributed by atoms with van der Waals surface area (Å²) >= 11 is 0. The summed E-state index contributed by atoms with van der Waals surface area (Å²) in [7, 11) is 0. The van der Waals surface area contributed by atoms with E-state index in [1.165, 1.54) is 0 Å². The molecule has 0 aliphatic heterocycles. The monoisotopic (exact) mass is 584 g/mol. The number of anilines is 2. The summed E-state index contributed by atoms with van der Waals surface area (Å²) < 4.78 is 0. The summed E-state index contributed by atoms with van der Waals surface area (Å²) in [6, 6.07) is 19.3. The van der Waals surface area contributed by atoms with E-state index < -0.39 is 0 Å². The molecule has 0 fully saturated rings. The Morgan fingerprint density at radius 1 is 0.614 bits per heavy atom. The zero-order valence-corrected chi connectivity index (χ0v) is 25.7. The van der Waals surface area contributed by atoms with Crippen molar-refractivity contribution in [3.8, 4) is 23.7 Å². The fraction of sp³-hybridized carbons (Fsp3) is 0.316. The molecular weight excluding hydrogens is 544 g/mol. The lowest BCUT2D eigenvalue weighted by atomic mass is 9.99. The summed E-state index contributed by atoms with van der Waals surface area (Å²) in [5.74, 6) is 14.1. The summed E-state index contributed by atoms with van der Waals surface area (Å²) in [6.45, 7) is 4.31. The fourth-order valence-corrected chi connectivity index (χ4v) is 4.82. The Morgan fingerprint density at radius 2 is 1.09 bits per heavy atom. The quantitative estimate of drug-likeness (QED) is 0.130. The van der Waals surface area contributed by atoms with Gasteiger partial charge in [-0.3, -0.25) is 9.59 Å². The molecule has 2 aromatic heterocycles. The first kappa shape index (κ1) is 32.0. The first-order valence-electron chi connectivity index (χ1n) is 15.6. The van der Waals surface area contributed by atoms with E-state index in [-0.39, 0.29) is 11.8 Å². The average Bonchev–Trinajstić information content (AvgIpc) is 3.03. The molecule has 4 rings (SSSR count). The molecule has 224 valence electrons. The molecule has 0 aliphatic carbocycles. The molecule has 44 heavy (non-hydrogen) atoms. The molecule has 0 saturated carbocycles.